The quantitative estimate of drug-likeness (QED) is 0.292. The Morgan fingerprint density at radius 3 is 2.51 bits per heavy atom. The molecule has 2 aromatic carbocycles. The van der Waals surface area contributed by atoms with Crippen molar-refractivity contribution in [3.63, 3.8) is 0 Å². The summed E-state index contributed by atoms with van der Waals surface area (Å²) in [5, 5.41) is 20.7. The minimum absolute atomic E-state index is 0.0808. The monoisotopic (exact) mass is 468 g/mol. The molecular formula is C26H20N4O5. The molecule has 0 saturated carbocycles. The van der Waals surface area contributed by atoms with Crippen LogP contribution in [0.1, 0.15) is 21.5 Å². The van der Waals surface area contributed by atoms with E-state index >= 15 is 0 Å². The zero-order chi connectivity index (χ0) is 25.0. The van der Waals surface area contributed by atoms with Crippen molar-refractivity contribution in [2.75, 3.05) is 4.90 Å². The molecule has 0 unspecified atom stereocenters. The van der Waals surface area contributed by atoms with Gasteiger partial charge in [0.25, 0.3) is 5.69 Å². The summed E-state index contributed by atoms with van der Waals surface area (Å²) in [6.07, 6.45) is 4.70. The number of imide groups is 1. The van der Waals surface area contributed by atoms with E-state index in [0.717, 1.165) is 16.0 Å². The Bertz CT molecular complexity index is 1420. The van der Waals surface area contributed by atoms with Gasteiger partial charge >= 0.3 is 0 Å². The third kappa shape index (κ3) is 3.34. The number of amides is 2. The highest BCUT2D eigenvalue weighted by Gasteiger charge is 2.63. The molecule has 2 amide bonds. The van der Waals surface area contributed by atoms with E-state index in [1.807, 2.05) is 26.0 Å². The average molecular weight is 468 g/mol. The second kappa shape index (κ2) is 8.02. The number of hydrogen-bond donors (Lipinski definition) is 0. The van der Waals surface area contributed by atoms with E-state index in [-0.39, 0.29) is 11.3 Å². The fourth-order valence-corrected chi connectivity index (χ4v) is 5.36. The van der Waals surface area contributed by atoms with Gasteiger partial charge in [-0.25, -0.2) is 4.90 Å². The first-order chi connectivity index (χ1) is 16.7. The number of nitrogens with zero attached hydrogens (tertiary/aromatic N) is 4. The molecule has 3 aliphatic heterocycles. The molecule has 4 atom stereocenters. The number of ketones is 1. The maximum Gasteiger partial charge on any atom is 0.270 e. The number of nitro groups is 1. The number of anilines is 1. The van der Waals surface area contributed by atoms with Crippen LogP contribution < -0.4 is 4.90 Å². The fraction of sp³-hybridized carbons (Fsp3) is 0.231. The normalized spacial score (nSPS) is 24.7. The SMILES string of the molecule is Cc1ccc(N2C(=O)[C@@H]3[C@@H](C2=O)[C@H](C(=O)c2cccc([N+](=O)[O-])c2)N2C=CC(C#N)=C[C@H]32)c(C)c1. The predicted octanol–water partition coefficient (Wildman–Crippen LogP) is 3.23. The van der Waals surface area contributed by atoms with Crippen molar-refractivity contribution in [3.05, 3.63) is 93.2 Å². The first kappa shape index (κ1) is 22.2. The second-order valence-corrected chi connectivity index (χ2v) is 8.96. The van der Waals surface area contributed by atoms with Crippen LogP contribution in [-0.4, -0.2) is 39.5 Å². The summed E-state index contributed by atoms with van der Waals surface area (Å²) in [5.74, 6) is -3.29. The van der Waals surface area contributed by atoms with Crippen molar-refractivity contribution in [2.24, 2.45) is 11.8 Å². The van der Waals surface area contributed by atoms with E-state index in [0.29, 0.717) is 11.3 Å². The van der Waals surface area contributed by atoms with Gasteiger partial charge in [-0.2, -0.15) is 5.26 Å². The van der Waals surface area contributed by atoms with E-state index in [1.165, 1.54) is 30.3 Å². The molecule has 3 heterocycles. The molecule has 0 bridgehead atoms. The van der Waals surface area contributed by atoms with Crippen molar-refractivity contribution in [1.29, 1.82) is 5.26 Å². The lowest BCUT2D eigenvalue weighted by atomic mass is 9.86. The van der Waals surface area contributed by atoms with Crippen LogP contribution in [0.25, 0.3) is 0 Å². The number of nitriles is 1. The smallest absolute Gasteiger partial charge is 0.270 e. The molecule has 0 N–H and O–H groups in total. The summed E-state index contributed by atoms with van der Waals surface area (Å²) in [7, 11) is 0. The largest absolute Gasteiger partial charge is 0.359 e. The fourth-order valence-electron chi connectivity index (χ4n) is 5.36. The van der Waals surface area contributed by atoms with Crippen molar-refractivity contribution < 1.29 is 19.3 Å². The van der Waals surface area contributed by atoms with E-state index in [1.54, 1.807) is 23.2 Å². The number of carbonyl (C=O) groups excluding carboxylic acids is 3. The number of allylic oxidation sites excluding steroid dienone is 2. The standard InChI is InChI=1S/C26H20N4O5/c1-14-6-7-19(15(2)10-14)29-25(32)21-20-11-16(13-27)8-9-28(20)23(22(21)26(29)33)24(31)17-4-3-5-18(12-17)30(34)35/h3-12,20-23H,1-2H3/t20-,21+,22-,23-/m1/s1. The topological polar surface area (TPSA) is 125 Å². The number of hydrogen-bond acceptors (Lipinski definition) is 7. The van der Waals surface area contributed by atoms with Gasteiger partial charge in [0.2, 0.25) is 11.8 Å². The van der Waals surface area contributed by atoms with Gasteiger partial charge in [0.15, 0.2) is 5.78 Å². The molecular weight excluding hydrogens is 448 g/mol. The van der Waals surface area contributed by atoms with Gasteiger partial charge in [-0.05, 0) is 37.6 Å². The molecule has 9 nitrogen and oxygen atoms in total. The molecule has 35 heavy (non-hydrogen) atoms. The molecule has 2 fully saturated rings. The van der Waals surface area contributed by atoms with Gasteiger partial charge in [-0.15, -0.1) is 0 Å². The summed E-state index contributed by atoms with van der Waals surface area (Å²) in [6.45, 7) is 3.72. The summed E-state index contributed by atoms with van der Waals surface area (Å²) in [4.78, 5) is 54.6. The van der Waals surface area contributed by atoms with Gasteiger partial charge in [0.1, 0.15) is 6.04 Å². The van der Waals surface area contributed by atoms with E-state index < -0.39 is 46.4 Å². The molecule has 5 rings (SSSR count). The van der Waals surface area contributed by atoms with Gasteiger partial charge in [0.05, 0.1) is 40.1 Å². The van der Waals surface area contributed by atoms with Crippen LogP contribution in [0.3, 0.4) is 0 Å². The van der Waals surface area contributed by atoms with Crippen molar-refractivity contribution in [2.45, 2.75) is 25.9 Å². The van der Waals surface area contributed by atoms with Gasteiger partial charge in [-0.1, -0.05) is 29.8 Å². The maximum atomic E-state index is 13.8. The third-order valence-electron chi connectivity index (χ3n) is 6.88. The van der Waals surface area contributed by atoms with Crippen molar-refractivity contribution >= 4 is 29.0 Å². The number of fused-ring (bicyclic) bond motifs is 3. The number of benzene rings is 2. The molecule has 3 aliphatic rings. The predicted molar refractivity (Wildman–Crippen MR) is 125 cm³/mol. The van der Waals surface area contributed by atoms with E-state index in [2.05, 4.69) is 6.07 Å². The number of aryl methyl sites for hydroxylation is 2. The molecule has 174 valence electrons. The number of Topliss-reactive ketones (excluding diaryl/α,β-unsaturated/α-hetero) is 1. The van der Waals surface area contributed by atoms with Gasteiger partial charge in [-0.3, -0.25) is 24.5 Å². The highest BCUT2D eigenvalue weighted by Crippen LogP contribution is 2.47. The Morgan fingerprint density at radius 1 is 1.09 bits per heavy atom. The first-order valence-electron chi connectivity index (χ1n) is 11.0. The second-order valence-electron chi connectivity index (χ2n) is 8.96. The van der Waals surface area contributed by atoms with Crippen molar-refractivity contribution in [1.82, 2.24) is 4.90 Å². The Balaban J connectivity index is 1.62. The summed E-state index contributed by atoms with van der Waals surface area (Å²) in [6, 6.07) is 11.1. The first-order valence-corrected chi connectivity index (χ1v) is 11.0. The maximum absolute atomic E-state index is 13.8. The lowest BCUT2D eigenvalue weighted by molar-refractivity contribution is -0.384. The third-order valence-corrected chi connectivity index (χ3v) is 6.88. The molecule has 0 radical (unpaired) electrons. The lowest BCUT2D eigenvalue weighted by Gasteiger charge is -2.32. The average Bonchev–Trinajstić information content (AvgIpc) is 3.31. The van der Waals surface area contributed by atoms with Crippen LogP contribution in [0, 0.1) is 47.1 Å². The molecule has 0 aliphatic carbocycles. The van der Waals surface area contributed by atoms with E-state index in [4.69, 9.17) is 0 Å². The molecule has 0 aromatic heterocycles. The zero-order valence-corrected chi connectivity index (χ0v) is 18.9. The highest BCUT2D eigenvalue weighted by molar-refractivity contribution is 6.25. The highest BCUT2D eigenvalue weighted by atomic mass is 16.6. The number of rotatable bonds is 4. The Morgan fingerprint density at radius 2 is 1.83 bits per heavy atom. The number of carbonyl (C=O) groups is 3. The summed E-state index contributed by atoms with van der Waals surface area (Å²) < 4.78 is 0. The van der Waals surface area contributed by atoms with Crippen LogP contribution >= 0.6 is 0 Å². The Kier molecular flexibility index (Phi) is 5.09. The molecule has 9 heteroatoms. The van der Waals surface area contributed by atoms with E-state index in [9.17, 15) is 29.8 Å². The van der Waals surface area contributed by atoms with Crippen LogP contribution in [0.5, 0.6) is 0 Å². The van der Waals surface area contributed by atoms with Crippen LogP contribution in [-0.2, 0) is 9.59 Å². The van der Waals surface area contributed by atoms with Crippen molar-refractivity contribution in [3.8, 4) is 6.07 Å². The summed E-state index contributed by atoms with van der Waals surface area (Å²) in [5.41, 5.74) is 2.37. The minimum Gasteiger partial charge on any atom is -0.359 e. The van der Waals surface area contributed by atoms with Crippen LogP contribution in [0.2, 0.25) is 0 Å². The Hall–Kier alpha value is -4.58. The molecule has 0 spiro atoms. The van der Waals surface area contributed by atoms with Gasteiger partial charge in [0, 0.05) is 23.9 Å². The Labute approximate surface area is 200 Å². The molecule has 2 aromatic rings. The van der Waals surface area contributed by atoms with Crippen LogP contribution in [0.4, 0.5) is 11.4 Å². The minimum atomic E-state index is -1.05. The number of non-ortho nitro benzene ring substituents is 1. The van der Waals surface area contributed by atoms with Crippen LogP contribution in [0.15, 0.2) is 66.4 Å². The lowest BCUT2D eigenvalue weighted by Crippen LogP contribution is -2.46. The molecule has 2 saturated heterocycles. The van der Waals surface area contributed by atoms with Gasteiger partial charge < -0.3 is 4.90 Å². The number of nitro benzene ring substituents is 1. The summed E-state index contributed by atoms with van der Waals surface area (Å²) >= 11 is 0. The zero-order valence-electron chi connectivity index (χ0n) is 18.9.